The van der Waals surface area contributed by atoms with Crippen molar-refractivity contribution in [1.82, 2.24) is 15.3 Å². The molecule has 0 amide bonds. The molecule has 1 heterocycles. The van der Waals surface area contributed by atoms with Crippen molar-refractivity contribution in [2.45, 2.75) is 167 Å². The van der Waals surface area contributed by atoms with Crippen LogP contribution >= 0.6 is 0 Å². The van der Waals surface area contributed by atoms with Gasteiger partial charge in [0.15, 0.2) is 0 Å². The first kappa shape index (κ1) is 37.9. The van der Waals surface area contributed by atoms with Crippen molar-refractivity contribution in [2.75, 3.05) is 27.2 Å². The molecule has 0 spiro atoms. The number of unbranched alkanes of at least 4 members (excludes halogenated alkanes) is 14. The van der Waals surface area contributed by atoms with Gasteiger partial charge in [-0.05, 0) is 78.3 Å². The van der Waals surface area contributed by atoms with Crippen LogP contribution in [0.5, 0.6) is 0 Å². The number of nitrogens with zero attached hydrogens (tertiary/aromatic N) is 2. The summed E-state index contributed by atoms with van der Waals surface area (Å²) in [4.78, 5) is 2.28. The van der Waals surface area contributed by atoms with Crippen LogP contribution in [-0.2, 0) is 0 Å². The van der Waals surface area contributed by atoms with Crippen molar-refractivity contribution >= 4 is 0 Å². The second-order valence-corrected chi connectivity index (χ2v) is 12.6. The Balaban J connectivity index is 2.06. The summed E-state index contributed by atoms with van der Waals surface area (Å²) in [6.07, 6.45) is 47.9. The number of hydrogen-bond acceptors (Lipinski definition) is 3. The maximum absolute atomic E-state index is 3.76. The van der Waals surface area contributed by atoms with Crippen molar-refractivity contribution in [3.05, 3.63) is 48.6 Å². The molecule has 0 saturated carbocycles. The average molecular weight is 570 g/mol. The van der Waals surface area contributed by atoms with Crippen LogP contribution in [0.15, 0.2) is 48.6 Å². The minimum atomic E-state index is 0.789. The maximum atomic E-state index is 3.76. The molecule has 1 rings (SSSR count). The molecule has 0 radical (unpaired) electrons. The first-order chi connectivity index (χ1) is 20.2. The SMILES string of the molecule is CCC/C=C\C/C=C\CCCCCCCCC1C(CCCCCCCC/C=C\C/C=C\CCC)N1NCCN(C)C. The molecule has 1 saturated heterocycles. The van der Waals surface area contributed by atoms with Gasteiger partial charge in [0.1, 0.15) is 0 Å². The monoisotopic (exact) mass is 570 g/mol. The quantitative estimate of drug-likeness (QED) is 0.0527. The highest BCUT2D eigenvalue weighted by molar-refractivity contribution is 4.99. The minimum absolute atomic E-state index is 0.789. The van der Waals surface area contributed by atoms with E-state index in [-0.39, 0.29) is 0 Å². The van der Waals surface area contributed by atoms with Crippen LogP contribution in [0.25, 0.3) is 0 Å². The molecule has 1 fully saturated rings. The molecular weight excluding hydrogens is 498 g/mol. The van der Waals surface area contributed by atoms with Gasteiger partial charge < -0.3 is 4.90 Å². The summed E-state index contributed by atoms with van der Waals surface area (Å²) >= 11 is 0. The van der Waals surface area contributed by atoms with Crippen molar-refractivity contribution in [3.8, 4) is 0 Å². The zero-order valence-electron chi connectivity index (χ0n) is 28.1. The molecule has 238 valence electrons. The van der Waals surface area contributed by atoms with Crippen LogP contribution in [0.2, 0.25) is 0 Å². The predicted molar refractivity (Wildman–Crippen MR) is 185 cm³/mol. The Bertz CT molecular complexity index is 612. The fourth-order valence-electron chi connectivity index (χ4n) is 5.63. The van der Waals surface area contributed by atoms with Crippen LogP contribution < -0.4 is 5.43 Å². The lowest BCUT2D eigenvalue weighted by Crippen LogP contribution is -2.32. The Labute approximate surface area is 258 Å². The van der Waals surface area contributed by atoms with Gasteiger partial charge in [-0.25, -0.2) is 5.01 Å². The highest BCUT2D eigenvalue weighted by atomic mass is 15.6. The lowest BCUT2D eigenvalue weighted by Gasteiger charge is -2.12. The molecule has 0 aromatic rings. The Morgan fingerprint density at radius 3 is 1.32 bits per heavy atom. The molecule has 0 aromatic carbocycles. The molecule has 1 N–H and O–H groups in total. The van der Waals surface area contributed by atoms with Crippen molar-refractivity contribution in [2.24, 2.45) is 0 Å². The van der Waals surface area contributed by atoms with Crippen LogP contribution in [0.1, 0.15) is 155 Å². The second kappa shape index (κ2) is 28.9. The maximum Gasteiger partial charge on any atom is 0.0417 e. The average Bonchev–Trinajstić information content (AvgIpc) is 3.63. The molecule has 1 aliphatic heterocycles. The van der Waals surface area contributed by atoms with Gasteiger partial charge in [0, 0.05) is 25.2 Å². The fourth-order valence-corrected chi connectivity index (χ4v) is 5.63. The van der Waals surface area contributed by atoms with Crippen LogP contribution in [-0.4, -0.2) is 49.2 Å². The van der Waals surface area contributed by atoms with Crippen LogP contribution in [0.3, 0.4) is 0 Å². The summed E-state index contributed by atoms with van der Waals surface area (Å²) < 4.78 is 0. The van der Waals surface area contributed by atoms with E-state index >= 15 is 0 Å². The predicted octanol–water partition coefficient (Wildman–Crippen LogP) is 11.0. The van der Waals surface area contributed by atoms with E-state index in [0.29, 0.717) is 0 Å². The van der Waals surface area contributed by atoms with E-state index in [1.165, 1.54) is 128 Å². The summed E-state index contributed by atoms with van der Waals surface area (Å²) in [5.74, 6) is 0. The molecule has 3 heteroatoms. The van der Waals surface area contributed by atoms with Gasteiger partial charge in [0.05, 0.1) is 0 Å². The number of nitrogens with one attached hydrogen (secondary N) is 1. The molecule has 2 unspecified atom stereocenters. The first-order valence-corrected chi connectivity index (χ1v) is 18.0. The summed E-state index contributed by atoms with van der Waals surface area (Å²) in [5, 5.41) is 2.61. The number of hydrazine groups is 1. The zero-order valence-corrected chi connectivity index (χ0v) is 28.1. The Morgan fingerprint density at radius 2 is 0.902 bits per heavy atom. The minimum Gasteiger partial charge on any atom is -0.308 e. The molecule has 1 aliphatic rings. The van der Waals surface area contributed by atoms with Gasteiger partial charge in [-0.3, -0.25) is 5.43 Å². The summed E-state index contributed by atoms with van der Waals surface area (Å²) in [6.45, 7) is 6.67. The van der Waals surface area contributed by atoms with E-state index in [0.717, 1.165) is 38.0 Å². The second-order valence-electron chi connectivity index (χ2n) is 12.6. The van der Waals surface area contributed by atoms with Crippen LogP contribution in [0.4, 0.5) is 0 Å². The van der Waals surface area contributed by atoms with Gasteiger partial charge in [0.25, 0.3) is 0 Å². The Hall–Kier alpha value is -1.16. The van der Waals surface area contributed by atoms with E-state index in [1.54, 1.807) is 0 Å². The van der Waals surface area contributed by atoms with Gasteiger partial charge in [-0.2, -0.15) is 0 Å². The third kappa shape index (κ3) is 24.0. The third-order valence-corrected chi connectivity index (χ3v) is 8.29. The third-order valence-electron chi connectivity index (χ3n) is 8.29. The van der Waals surface area contributed by atoms with Crippen molar-refractivity contribution in [3.63, 3.8) is 0 Å². The highest BCUT2D eigenvalue weighted by Gasteiger charge is 2.45. The van der Waals surface area contributed by atoms with Gasteiger partial charge in [-0.15, -0.1) is 0 Å². The highest BCUT2D eigenvalue weighted by Crippen LogP contribution is 2.34. The largest absolute Gasteiger partial charge is 0.308 e. The zero-order chi connectivity index (χ0) is 29.6. The number of hydrogen-bond donors (Lipinski definition) is 1. The molecule has 0 aromatic heterocycles. The molecule has 41 heavy (non-hydrogen) atoms. The lowest BCUT2D eigenvalue weighted by molar-refractivity contribution is 0.301. The fraction of sp³-hybridized carbons (Fsp3) is 0.789. The summed E-state index contributed by atoms with van der Waals surface area (Å²) in [7, 11) is 4.34. The van der Waals surface area contributed by atoms with Crippen molar-refractivity contribution < 1.29 is 0 Å². The van der Waals surface area contributed by atoms with Crippen molar-refractivity contribution in [1.29, 1.82) is 0 Å². The van der Waals surface area contributed by atoms with E-state index in [4.69, 9.17) is 0 Å². The van der Waals surface area contributed by atoms with Gasteiger partial charge in [-0.1, -0.05) is 140 Å². The topological polar surface area (TPSA) is 18.3 Å². The molecular formula is C38H71N3. The standard InChI is InChI=1S/C38H71N3/c1-5-7-9-11-13-15-17-19-21-23-25-27-29-31-33-37-38(41(37)39-35-36-40(3)4)34-32-30-28-26-24-22-20-18-16-14-12-10-8-6-2/h9-12,15-18,37-39H,5-8,13-14,19-36H2,1-4H3/b11-9-,12-10-,17-15-,18-16-. The molecule has 3 nitrogen and oxygen atoms in total. The van der Waals surface area contributed by atoms with Gasteiger partial charge in [0.2, 0.25) is 0 Å². The van der Waals surface area contributed by atoms with E-state index in [9.17, 15) is 0 Å². The van der Waals surface area contributed by atoms with Crippen LogP contribution in [0, 0.1) is 0 Å². The van der Waals surface area contributed by atoms with E-state index in [1.807, 2.05) is 0 Å². The molecule has 0 bridgehead atoms. The number of rotatable bonds is 30. The molecule has 2 atom stereocenters. The smallest absolute Gasteiger partial charge is 0.0417 e. The number of likely N-dealkylation sites (N-methyl/N-ethyl adjacent to an activating group) is 1. The molecule has 0 aliphatic carbocycles. The Morgan fingerprint density at radius 1 is 0.512 bits per heavy atom. The lowest BCUT2D eigenvalue weighted by atomic mass is 10.0. The number of allylic oxidation sites excluding steroid dienone is 8. The summed E-state index contributed by atoms with van der Waals surface area (Å²) in [5.41, 5.74) is 3.76. The normalized spacial score (nSPS) is 19.3. The van der Waals surface area contributed by atoms with E-state index in [2.05, 4.69) is 91.9 Å². The first-order valence-electron chi connectivity index (χ1n) is 18.0. The van der Waals surface area contributed by atoms with E-state index < -0.39 is 0 Å². The summed E-state index contributed by atoms with van der Waals surface area (Å²) in [6, 6.07) is 1.58. The van der Waals surface area contributed by atoms with Gasteiger partial charge >= 0.3 is 0 Å². The Kier molecular flexibility index (Phi) is 26.7.